The molecule has 1 atom stereocenters. The molecule has 1 aromatic rings. The van der Waals surface area contributed by atoms with Crippen molar-refractivity contribution in [1.82, 2.24) is 4.72 Å². The summed E-state index contributed by atoms with van der Waals surface area (Å²) in [4.78, 5) is 10.8. The molecule has 1 unspecified atom stereocenters. The summed E-state index contributed by atoms with van der Waals surface area (Å²) in [6.45, 7) is -0.251. The zero-order valence-corrected chi connectivity index (χ0v) is 11.9. The van der Waals surface area contributed by atoms with Gasteiger partial charge in [-0.05, 0) is 28.1 Å². The van der Waals surface area contributed by atoms with Gasteiger partial charge in [0.15, 0.2) is 0 Å². The zero-order valence-electron chi connectivity index (χ0n) is 9.46. The first-order valence-electron chi connectivity index (χ1n) is 4.87. The van der Waals surface area contributed by atoms with Crippen LogP contribution in [0.1, 0.15) is 0 Å². The molecule has 0 fully saturated rings. The first-order chi connectivity index (χ1) is 8.38. The summed E-state index contributed by atoms with van der Waals surface area (Å²) < 4.78 is 31.1. The maximum Gasteiger partial charge on any atom is 0.324 e. The number of halogens is 1. The first-order valence-corrected chi connectivity index (χ1v) is 7.14. The third-order valence-corrected chi connectivity index (χ3v) is 4.54. The van der Waals surface area contributed by atoms with Crippen LogP contribution >= 0.6 is 15.9 Å². The van der Waals surface area contributed by atoms with E-state index < -0.39 is 22.0 Å². The SMILES string of the molecule is COCC(NS(=O)(=O)c1ccccc1Br)C(=O)O. The second-order valence-corrected chi connectivity index (χ2v) is 5.93. The fourth-order valence-corrected chi connectivity index (χ4v) is 3.41. The Bertz CT molecular complexity index is 531. The highest BCUT2D eigenvalue weighted by Crippen LogP contribution is 2.21. The maximum absolute atomic E-state index is 12.0. The van der Waals surface area contributed by atoms with E-state index in [2.05, 4.69) is 25.4 Å². The molecular weight excluding hydrogens is 326 g/mol. The number of aliphatic carboxylic acids is 1. The molecule has 0 bridgehead atoms. The van der Waals surface area contributed by atoms with Gasteiger partial charge in [0.05, 0.1) is 11.5 Å². The minimum Gasteiger partial charge on any atom is -0.480 e. The van der Waals surface area contributed by atoms with Crippen molar-refractivity contribution in [3.05, 3.63) is 28.7 Å². The van der Waals surface area contributed by atoms with Gasteiger partial charge in [0.1, 0.15) is 6.04 Å². The van der Waals surface area contributed by atoms with Gasteiger partial charge in [-0.1, -0.05) is 12.1 Å². The van der Waals surface area contributed by atoms with Gasteiger partial charge in [0.2, 0.25) is 10.0 Å². The van der Waals surface area contributed by atoms with Crippen LogP contribution in [0.3, 0.4) is 0 Å². The molecule has 6 nitrogen and oxygen atoms in total. The number of ether oxygens (including phenoxy) is 1. The Balaban J connectivity index is 3.01. The van der Waals surface area contributed by atoms with E-state index in [-0.39, 0.29) is 11.5 Å². The summed E-state index contributed by atoms with van der Waals surface area (Å²) in [5.74, 6) is -1.30. The topological polar surface area (TPSA) is 92.7 Å². The van der Waals surface area contributed by atoms with E-state index in [1.165, 1.54) is 13.2 Å². The summed E-state index contributed by atoms with van der Waals surface area (Å²) in [7, 11) is -2.62. The molecule has 0 saturated heterocycles. The zero-order chi connectivity index (χ0) is 13.8. The predicted molar refractivity (Wildman–Crippen MR) is 67.8 cm³/mol. The smallest absolute Gasteiger partial charge is 0.324 e. The Morgan fingerprint density at radius 3 is 2.61 bits per heavy atom. The van der Waals surface area contributed by atoms with Gasteiger partial charge in [0, 0.05) is 11.6 Å². The van der Waals surface area contributed by atoms with E-state index in [1.54, 1.807) is 18.2 Å². The van der Waals surface area contributed by atoms with Crippen molar-refractivity contribution in [3.8, 4) is 0 Å². The quantitative estimate of drug-likeness (QED) is 0.801. The Hall–Kier alpha value is -0.960. The molecular formula is C10H12BrNO5S. The van der Waals surface area contributed by atoms with E-state index in [9.17, 15) is 13.2 Å². The average molecular weight is 338 g/mol. The number of rotatable bonds is 6. The Kier molecular flexibility index (Phi) is 5.27. The van der Waals surface area contributed by atoms with Gasteiger partial charge >= 0.3 is 5.97 Å². The Morgan fingerprint density at radius 1 is 1.50 bits per heavy atom. The largest absolute Gasteiger partial charge is 0.480 e. The predicted octanol–water partition coefficient (Wildman–Crippen LogP) is 0.827. The van der Waals surface area contributed by atoms with E-state index in [0.717, 1.165) is 0 Å². The van der Waals surface area contributed by atoms with Crippen LogP contribution in [0.25, 0.3) is 0 Å². The molecule has 8 heteroatoms. The van der Waals surface area contributed by atoms with Gasteiger partial charge in [0.25, 0.3) is 0 Å². The van der Waals surface area contributed by atoms with Crippen molar-refractivity contribution in [2.75, 3.05) is 13.7 Å². The summed E-state index contributed by atoms with van der Waals surface area (Å²) in [6.07, 6.45) is 0. The van der Waals surface area contributed by atoms with Crippen LogP contribution in [0.4, 0.5) is 0 Å². The number of hydrogen-bond acceptors (Lipinski definition) is 4. The van der Waals surface area contributed by atoms with Crippen molar-refractivity contribution in [2.45, 2.75) is 10.9 Å². The van der Waals surface area contributed by atoms with Crippen LogP contribution in [0.2, 0.25) is 0 Å². The number of hydrogen-bond donors (Lipinski definition) is 2. The molecule has 0 aliphatic rings. The molecule has 1 rings (SSSR count). The lowest BCUT2D eigenvalue weighted by molar-refractivity contribution is -0.140. The summed E-state index contributed by atoms with van der Waals surface area (Å²) in [6, 6.07) is 4.81. The minimum atomic E-state index is -3.92. The third kappa shape index (κ3) is 3.77. The van der Waals surface area contributed by atoms with Crippen LogP contribution in [-0.2, 0) is 19.6 Å². The normalized spacial score (nSPS) is 13.2. The number of carboxylic acid groups (broad SMARTS) is 1. The van der Waals surface area contributed by atoms with Crippen molar-refractivity contribution in [3.63, 3.8) is 0 Å². The lowest BCUT2D eigenvalue weighted by Crippen LogP contribution is -2.43. The Morgan fingerprint density at radius 2 is 2.11 bits per heavy atom. The van der Waals surface area contributed by atoms with Crippen molar-refractivity contribution >= 4 is 31.9 Å². The number of methoxy groups -OCH3 is 1. The van der Waals surface area contributed by atoms with Gasteiger partial charge in [-0.2, -0.15) is 4.72 Å². The molecule has 0 spiro atoms. The van der Waals surface area contributed by atoms with E-state index in [0.29, 0.717) is 4.47 Å². The fraction of sp³-hybridized carbons (Fsp3) is 0.300. The Labute approximate surface area is 113 Å². The number of nitrogens with one attached hydrogen (secondary N) is 1. The minimum absolute atomic E-state index is 0.0210. The van der Waals surface area contributed by atoms with Gasteiger partial charge in [-0.3, -0.25) is 4.79 Å². The molecule has 0 aliphatic heterocycles. The first kappa shape index (κ1) is 15.1. The molecule has 1 aromatic carbocycles. The highest BCUT2D eigenvalue weighted by atomic mass is 79.9. The number of benzene rings is 1. The van der Waals surface area contributed by atoms with Crippen LogP contribution in [-0.4, -0.2) is 39.3 Å². The standard InChI is InChI=1S/C10H12BrNO5S/c1-17-6-8(10(13)14)12-18(15,16)9-5-3-2-4-7(9)11/h2-5,8,12H,6H2,1H3,(H,13,14). The second kappa shape index (κ2) is 6.28. The van der Waals surface area contributed by atoms with Crippen LogP contribution in [0.5, 0.6) is 0 Å². The molecule has 0 heterocycles. The van der Waals surface area contributed by atoms with Crippen LogP contribution in [0.15, 0.2) is 33.6 Å². The lowest BCUT2D eigenvalue weighted by atomic mass is 10.3. The average Bonchev–Trinajstić information content (AvgIpc) is 2.28. The monoisotopic (exact) mass is 337 g/mol. The summed E-state index contributed by atoms with van der Waals surface area (Å²) in [5.41, 5.74) is 0. The molecule has 0 amide bonds. The van der Waals surface area contributed by atoms with Crippen molar-refractivity contribution in [1.29, 1.82) is 0 Å². The molecule has 18 heavy (non-hydrogen) atoms. The summed E-state index contributed by atoms with van der Waals surface area (Å²) in [5, 5.41) is 8.87. The van der Waals surface area contributed by atoms with Gasteiger partial charge < -0.3 is 9.84 Å². The van der Waals surface area contributed by atoms with Crippen molar-refractivity contribution in [2.24, 2.45) is 0 Å². The molecule has 100 valence electrons. The van der Waals surface area contributed by atoms with Crippen molar-refractivity contribution < 1.29 is 23.1 Å². The maximum atomic E-state index is 12.0. The van der Waals surface area contributed by atoms with Crippen LogP contribution in [0, 0.1) is 0 Å². The summed E-state index contributed by atoms with van der Waals surface area (Å²) >= 11 is 3.10. The molecule has 0 aromatic heterocycles. The highest BCUT2D eigenvalue weighted by Gasteiger charge is 2.26. The van der Waals surface area contributed by atoms with Gasteiger partial charge in [-0.15, -0.1) is 0 Å². The molecule has 2 N–H and O–H groups in total. The number of sulfonamides is 1. The highest BCUT2D eigenvalue weighted by molar-refractivity contribution is 9.10. The van der Waals surface area contributed by atoms with E-state index in [4.69, 9.17) is 5.11 Å². The number of carboxylic acids is 1. The number of carbonyl (C=O) groups is 1. The molecule has 0 radical (unpaired) electrons. The third-order valence-electron chi connectivity index (χ3n) is 2.06. The fourth-order valence-electron chi connectivity index (χ4n) is 1.24. The molecule has 0 saturated carbocycles. The van der Waals surface area contributed by atoms with Crippen LogP contribution < -0.4 is 4.72 Å². The molecule has 0 aliphatic carbocycles. The van der Waals surface area contributed by atoms with E-state index >= 15 is 0 Å². The lowest BCUT2D eigenvalue weighted by Gasteiger charge is -2.14. The van der Waals surface area contributed by atoms with Gasteiger partial charge in [-0.25, -0.2) is 8.42 Å². The second-order valence-electron chi connectivity index (χ2n) is 3.40. The van der Waals surface area contributed by atoms with E-state index in [1.807, 2.05) is 0 Å².